The Morgan fingerprint density at radius 1 is 0.571 bits per heavy atom. The SMILES string of the molecule is CC/C=C\C/C=C\C/C=C\CCCCCCCC(=O)OC(COC(=O)CCCCCCCCCCCCCC)COP(=O)(O)OC1C(O)C(O)C(O)C(O)C1O. The largest absolute Gasteiger partial charge is 0.472 e. The first-order chi connectivity index (χ1) is 26.9. The van der Waals surface area contributed by atoms with Gasteiger partial charge in [-0.25, -0.2) is 4.57 Å². The van der Waals surface area contributed by atoms with Gasteiger partial charge in [-0.15, -0.1) is 0 Å². The normalized spacial score (nSPS) is 23.2. The van der Waals surface area contributed by atoms with Crippen molar-refractivity contribution in [3.8, 4) is 0 Å². The minimum Gasteiger partial charge on any atom is -0.462 e. The van der Waals surface area contributed by atoms with Crippen LogP contribution in [-0.2, 0) is 32.7 Å². The number of phosphoric ester groups is 1. The van der Waals surface area contributed by atoms with Crippen LogP contribution in [0.25, 0.3) is 0 Å². The third-order valence-corrected chi connectivity index (χ3v) is 10.7. The highest BCUT2D eigenvalue weighted by atomic mass is 31.2. The van der Waals surface area contributed by atoms with E-state index in [1.807, 2.05) is 0 Å². The maximum Gasteiger partial charge on any atom is 0.472 e. The summed E-state index contributed by atoms with van der Waals surface area (Å²) < 4.78 is 33.4. The molecule has 0 aromatic rings. The minimum atomic E-state index is -5.12. The average molecular weight is 819 g/mol. The number of unbranched alkanes of at least 4 members (excludes halogenated alkanes) is 16. The monoisotopic (exact) mass is 818 g/mol. The Bertz CT molecular complexity index is 1130. The third-order valence-electron chi connectivity index (χ3n) is 9.75. The second kappa shape index (κ2) is 33.0. The van der Waals surface area contributed by atoms with Crippen molar-refractivity contribution in [2.24, 2.45) is 0 Å². The lowest BCUT2D eigenvalue weighted by molar-refractivity contribution is -0.220. The van der Waals surface area contributed by atoms with Gasteiger partial charge in [-0.2, -0.15) is 0 Å². The van der Waals surface area contributed by atoms with Crippen molar-refractivity contribution in [2.45, 2.75) is 204 Å². The molecule has 1 rings (SSSR count). The predicted molar refractivity (Wildman–Crippen MR) is 216 cm³/mol. The van der Waals surface area contributed by atoms with Crippen LogP contribution in [0.5, 0.6) is 0 Å². The van der Waals surface area contributed by atoms with Gasteiger partial charge in [0.1, 0.15) is 43.2 Å². The number of hydrogen-bond acceptors (Lipinski definition) is 12. The number of carbonyl (C=O) groups is 2. The molecule has 0 saturated heterocycles. The van der Waals surface area contributed by atoms with E-state index in [9.17, 15) is 44.6 Å². The lowest BCUT2D eigenvalue weighted by Gasteiger charge is -2.41. The molecule has 0 heterocycles. The summed E-state index contributed by atoms with van der Waals surface area (Å²) in [5.41, 5.74) is 0. The number of rotatable bonds is 34. The van der Waals surface area contributed by atoms with E-state index < -0.39 is 75.7 Å². The Labute approximate surface area is 336 Å². The summed E-state index contributed by atoms with van der Waals surface area (Å²) in [4.78, 5) is 35.6. The maximum atomic E-state index is 12.8. The Balaban J connectivity index is 2.51. The van der Waals surface area contributed by atoms with Crippen molar-refractivity contribution in [2.75, 3.05) is 13.2 Å². The molecule has 1 fully saturated rings. The molecule has 0 amide bonds. The highest BCUT2D eigenvalue weighted by molar-refractivity contribution is 7.47. The fourth-order valence-corrected chi connectivity index (χ4v) is 7.27. The van der Waals surface area contributed by atoms with Crippen molar-refractivity contribution in [1.29, 1.82) is 0 Å². The standard InChI is InChI=1S/C42H75O13P/c1-3-5-7-9-11-13-15-17-18-19-21-23-25-27-29-31-36(44)54-34(32-52-35(43)30-28-26-24-22-20-16-14-12-10-8-6-4-2)33-53-56(50,51)55-42-40(48)38(46)37(45)39(47)41(42)49/h5,7,11,13,17-18,34,37-42,45-49H,3-4,6,8-10,12,14-16,19-33H2,1-2H3,(H,50,51)/b7-5-,13-11-,18-17-. The number of aliphatic hydroxyl groups excluding tert-OH is 5. The number of aliphatic hydroxyl groups is 5. The zero-order chi connectivity index (χ0) is 41.4. The second-order valence-electron chi connectivity index (χ2n) is 14.8. The van der Waals surface area contributed by atoms with Crippen LogP contribution in [0.1, 0.15) is 162 Å². The molecule has 326 valence electrons. The first kappa shape index (κ1) is 52.1. The summed E-state index contributed by atoms with van der Waals surface area (Å²) in [6.45, 7) is 3.15. The quantitative estimate of drug-likeness (QED) is 0.0162. The molecule has 0 radical (unpaired) electrons. The van der Waals surface area contributed by atoms with Crippen molar-refractivity contribution in [1.82, 2.24) is 0 Å². The number of esters is 2. The van der Waals surface area contributed by atoms with Crippen LogP contribution in [0.15, 0.2) is 36.5 Å². The van der Waals surface area contributed by atoms with Gasteiger partial charge in [-0.3, -0.25) is 18.6 Å². The Hall–Kier alpha value is -1.93. The molecule has 0 aromatic heterocycles. The zero-order valence-corrected chi connectivity index (χ0v) is 35.1. The minimum absolute atomic E-state index is 0.0782. The molecule has 1 aliphatic rings. The lowest BCUT2D eigenvalue weighted by Crippen LogP contribution is -2.64. The van der Waals surface area contributed by atoms with Gasteiger partial charge in [0.05, 0.1) is 6.61 Å². The molecule has 0 aromatic carbocycles. The van der Waals surface area contributed by atoms with E-state index in [-0.39, 0.29) is 12.8 Å². The van der Waals surface area contributed by atoms with E-state index in [2.05, 4.69) is 50.3 Å². The van der Waals surface area contributed by atoms with Crippen LogP contribution in [0.4, 0.5) is 0 Å². The molecule has 0 aliphatic heterocycles. The summed E-state index contributed by atoms with van der Waals surface area (Å²) in [7, 11) is -5.12. The first-order valence-corrected chi connectivity index (χ1v) is 22.8. The number of carbonyl (C=O) groups excluding carboxylic acids is 2. The topological polar surface area (TPSA) is 210 Å². The van der Waals surface area contributed by atoms with E-state index >= 15 is 0 Å². The highest BCUT2D eigenvalue weighted by Gasteiger charge is 2.51. The van der Waals surface area contributed by atoms with Crippen molar-refractivity contribution in [3.05, 3.63) is 36.5 Å². The van der Waals surface area contributed by atoms with Gasteiger partial charge >= 0.3 is 19.8 Å². The molecule has 6 atom stereocenters. The highest BCUT2D eigenvalue weighted by Crippen LogP contribution is 2.47. The molecular weight excluding hydrogens is 743 g/mol. The predicted octanol–water partition coefficient (Wildman–Crippen LogP) is 7.44. The lowest BCUT2D eigenvalue weighted by atomic mass is 9.85. The smallest absolute Gasteiger partial charge is 0.462 e. The second-order valence-corrected chi connectivity index (χ2v) is 16.2. The molecule has 14 heteroatoms. The number of hydrogen-bond donors (Lipinski definition) is 6. The van der Waals surface area contributed by atoms with Gasteiger partial charge in [0, 0.05) is 12.8 Å². The summed E-state index contributed by atoms with van der Waals surface area (Å²) in [6, 6.07) is 0. The Morgan fingerprint density at radius 2 is 1.02 bits per heavy atom. The van der Waals surface area contributed by atoms with Gasteiger partial charge in [0.25, 0.3) is 0 Å². The third kappa shape index (κ3) is 25.4. The zero-order valence-electron chi connectivity index (χ0n) is 34.2. The molecule has 6 unspecified atom stereocenters. The van der Waals surface area contributed by atoms with Gasteiger partial charge < -0.3 is 39.9 Å². The Kier molecular flexibility index (Phi) is 30.7. The number of ether oxygens (including phenoxy) is 2. The van der Waals surface area contributed by atoms with E-state index in [1.54, 1.807) is 0 Å². The first-order valence-electron chi connectivity index (χ1n) is 21.3. The summed E-state index contributed by atoms with van der Waals surface area (Å²) >= 11 is 0. The van der Waals surface area contributed by atoms with Crippen molar-refractivity contribution in [3.63, 3.8) is 0 Å². The average Bonchev–Trinajstić information content (AvgIpc) is 3.18. The van der Waals surface area contributed by atoms with Gasteiger partial charge in [0.15, 0.2) is 6.10 Å². The van der Waals surface area contributed by atoms with Crippen LogP contribution in [0.3, 0.4) is 0 Å². The molecule has 0 bridgehead atoms. The van der Waals surface area contributed by atoms with E-state index in [0.717, 1.165) is 70.6 Å². The van der Waals surface area contributed by atoms with Crippen LogP contribution < -0.4 is 0 Å². The van der Waals surface area contributed by atoms with Crippen LogP contribution >= 0.6 is 7.82 Å². The summed E-state index contributed by atoms with van der Waals surface area (Å²) in [5, 5.41) is 50.0. The van der Waals surface area contributed by atoms with Crippen LogP contribution in [0.2, 0.25) is 0 Å². The fraction of sp³-hybridized carbons (Fsp3) is 0.810. The number of phosphoric acid groups is 1. The van der Waals surface area contributed by atoms with E-state index in [0.29, 0.717) is 12.8 Å². The summed E-state index contributed by atoms with van der Waals surface area (Å²) in [6.07, 6.45) is 22.1. The molecule has 56 heavy (non-hydrogen) atoms. The Morgan fingerprint density at radius 3 is 1.55 bits per heavy atom. The molecule has 6 N–H and O–H groups in total. The van der Waals surface area contributed by atoms with Gasteiger partial charge in [-0.1, -0.05) is 140 Å². The molecule has 13 nitrogen and oxygen atoms in total. The number of allylic oxidation sites excluding steroid dienone is 6. The van der Waals surface area contributed by atoms with Gasteiger partial charge in [-0.05, 0) is 44.9 Å². The van der Waals surface area contributed by atoms with E-state index in [4.69, 9.17) is 18.5 Å². The summed E-state index contributed by atoms with van der Waals surface area (Å²) in [5.74, 6) is -1.12. The van der Waals surface area contributed by atoms with Crippen molar-refractivity contribution >= 4 is 19.8 Å². The fourth-order valence-electron chi connectivity index (χ4n) is 6.30. The molecule has 0 spiro atoms. The molecular formula is C42H75O13P. The molecule has 1 saturated carbocycles. The van der Waals surface area contributed by atoms with E-state index in [1.165, 1.54) is 51.4 Å². The maximum absolute atomic E-state index is 12.8. The van der Waals surface area contributed by atoms with Gasteiger partial charge in [0.2, 0.25) is 0 Å². The molecule has 1 aliphatic carbocycles. The van der Waals surface area contributed by atoms with Crippen LogP contribution in [0, 0.1) is 0 Å². The van der Waals surface area contributed by atoms with Crippen molar-refractivity contribution < 1.29 is 63.1 Å². The van der Waals surface area contributed by atoms with Crippen LogP contribution in [-0.4, -0.2) is 98.3 Å².